The van der Waals surface area contributed by atoms with Crippen LogP contribution in [0.3, 0.4) is 0 Å². The fraction of sp³-hybridized carbons (Fsp3) is 0.786. The molecule has 1 rings (SSSR count). The van der Waals surface area contributed by atoms with E-state index in [9.17, 15) is 0 Å². The highest BCUT2D eigenvalue weighted by atomic mass is 32.1. The van der Waals surface area contributed by atoms with Crippen LogP contribution in [0.15, 0.2) is 0 Å². The van der Waals surface area contributed by atoms with Crippen LogP contribution >= 0.6 is 11.3 Å². The predicted molar refractivity (Wildman–Crippen MR) is 80.4 cm³/mol. The Labute approximate surface area is 116 Å². The van der Waals surface area contributed by atoms with Crippen molar-refractivity contribution in [2.24, 2.45) is 0 Å². The van der Waals surface area contributed by atoms with Gasteiger partial charge in [-0.1, -0.05) is 27.7 Å². The summed E-state index contributed by atoms with van der Waals surface area (Å²) in [5.74, 6) is 0. The van der Waals surface area contributed by atoms with E-state index in [1.54, 1.807) is 0 Å². The number of nitrogens with one attached hydrogen (secondary N) is 1. The summed E-state index contributed by atoms with van der Waals surface area (Å²) in [4.78, 5) is 8.65. The number of hydrogen-bond acceptors (Lipinski definition) is 4. The molecule has 1 aromatic rings. The Morgan fingerprint density at radius 2 is 1.89 bits per heavy atom. The highest BCUT2D eigenvalue weighted by Gasteiger charge is 2.10. The van der Waals surface area contributed by atoms with Gasteiger partial charge in [0.2, 0.25) is 0 Å². The standard InChI is InChI=1S/C14H27N3S/c1-5-12-13(11-15-6-2)18-14(16-12)9-10-17(7-3)8-4/h15H,5-11H2,1-4H3. The molecule has 18 heavy (non-hydrogen) atoms. The number of likely N-dealkylation sites (N-methyl/N-ethyl adjacent to an activating group) is 1. The van der Waals surface area contributed by atoms with Crippen molar-refractivity contribution in [3.63, 3.8) is 0 Å². The second-order valence-electron chi connectivity index (χ2n) is 4.39. The first-order valence-corrected chi connectivity index (χ1v) is 7.97. The quantitative estimate of drug-likeness (QED) is 0.747. The van der Waals surface area contributed by atoms with Gasteiger partial charge in [0, 0.05) is 24.4 Å². The molecule has 0 aromatic carbocycles. The average Bonchev–Trinajstić information content (AvgIpc) is 2.80. The molecule has 0 atom stereocenters. The zero-order valence-corrected chi connectivity index (χ0v) is 13.1. The molecule has 1 aromatic heterocycles. The summed E-state index contributed by atoms with van der Waals surface area (Å²) in [6.07, 6.45) is 2.13. The van der Waals surface area contributed by atoms with Crippen LogP contribution < -0.4 is 5.32 Å². The second kappa shape index (κ2) is 8.62. The molecule has 0 saturated heterocycles. The zero-order chi connectivity index (χ0) is 13.4. The highest BCUT2D eigenvalue weighted by Crippen LogP contribution is 2.20. The minimum Gasteiger partial charge on any atom is -0.312 e. The first-order valence-electron chi connectivity index (χ1n) is 7.15. The highest BCUT2D eigenvalue weighted by molar-refractivity contribution is 7.11. The van der Waals surface area contributed by atoms with Gasteiger partial charge in [-0.15, -0.1) is 11.3 Å². The largest absolute Gasteiger partial charge is 0.312 e. The summed E-state index contributed by atoms with van der Waals surface area (Å²) in [5, 5.41) is 4.70. The van der Waals surface area contributed by atoms with Crippen molar-refractivity contribution in [1.29, 1.82) is 0 Å². The third-order valence-corrected chi connectivity index (χ3v) is 4.39. The van der Waals surface area contributed by atoms with Crippen LogP contribution in [0.4, 0.5) is 0 Å². The van der Waals surface area contributed by atoms with Crippen LogP contribution in [0.5, 0.6) is 0 Å². The lowest BCUT2D eigenvalue weighted by atomic mass is 10.3. The third-order valence-electron chi connectivity index (χ3n) is 3.23. The molecular formula is C14H27N3S. The second-order valence-corrected chi connectivity index (χ2v) is 5.56. The van der Waals surface area contributed by atoms with Crippen molar-refractivity contribution in [2.75, 3.05) is 26.2 Å². The molecule has 0 saturated carbocycles. The minimum atomic E-state index is 0.975. The molecule has 0 bridgehead atoms. The van der Waals surface area contributed by atoms with Gasteiger partial charge in [-0.2, -0.15) is 0 Å². The maximum Gasteiger partial charge on any atom is 0.0944 e. The maximum atomic E-state index is 4.77. The number of hydrogen-bond donors (Lipinski definition) is 1. The van der Waals surface area contributed by atoms with E-state index in [1.165, 1.54) is 15.6 Å². The number of thiazole rings is 1. The normalized spacial score (nSPS) is 11.4. The molecule has 0 fully saturated rings. The molecule has 1 heterocycles. The molecule has 0 spiro atoms. The fourth-order valence-electron chi connectivity index (χ4n) is 1.99. The SMILES string of the molecule is CCNCc1sc(CCN(CC)CC)nc1CC. The Balaban J connectivity index is 2.58. The lowest BCUT2D eigenvalue weighted by Gasteiger charge is -2.16. The topological polar surface area (TPSA) is 28.2 Å². The summed E-state index contributed by atoms with van der Waals surface area (Å²) in [5.41, 5.74) is 1.29. The number of nitrogens with zero attached hydrogens (tertiary/aromatic N) is 2. The van der Waals surface area contributed by atoms with Gasteiger partial charge in [-0.05, 0) is 26.1 Å². The fourth-order valence-corrected chi connectivity index (χ4v) is 3.11. The summed E-state index contributed by atoms with van der Waals surface area (Å²) in [7, 11) is 0. The molecule has 0 aliphatic carbocycles. The van der Waals surface area contributed by atoms with Gasteiger partial charge in [0.1, 0.15) is 0 Å². The maximum absolute atomic E-state index is 4.77. The molecule has 104 valence electrons. The Kier molecular flexibility index (Phi) is 7.47. The summed E-state index contributed by atoms with van der Waals surface area (Å²) in [6.45, 7) is 14.2. The van der Waals surface area contributed by atoms with Gasteiger partial charge in [0.05, 0.1) is 10.7 Å². The molecule has 0 aliphatic heterocycles. The van der Waals surface area contributed by atoms with E-state index in [0.29, 0.717) is 0 Å². The van der Waals surface area contributed by atoms with E-state index in [4.69, 9.17) is 4.98 Å². The summed E-state index contributed by atoms with van der Waals surface area (Å²) < 4.78 is 0. The van der Waals surface area contributed by atoms with Crippen LogP contribution in [0.25, 0.3) is 0 Å². The van der Waals surface area contributed by atoms with Crippen molar-refractivity contribution in [2.45, 2.75) is 47.1 Å². The van der Waals surface area contributed by atoms with E-state index >= 15 is 0 Å². The van der Waals surface area contributed by atoms with Crippen molar-refractivity contribution >= 4 is 11.3 Å². The van der Waals surface area contributed by atoms with Gasteiger partial charge in [0.25, 0.3) is 0 Å². The van der Waals surface area contributed by atoms with Crippen molar-refractivity contribution in [3.05, 3.63) is 15.6 Å². The molecule has 0 aliphatic rings. The van der Waals surface area contributed by atoms with E-state index in [2.05, 4.69) is 37.9 Å². The molecule has 1 N–H and O–H groups in total. The van der Waals surface area contributed by atoms with Crippen LogP contribution in [0, 0.1) is 0 Å². The Bertz CT molecular complexity index is 332. The zero-order valence-electron chi connectivity index (χ0n) is 12.3. The van der Waals surface area contributed by atoms with Crippen molar-refractivity contribution < 1.29 is 0 Å². The van der Waals surface area contributed by atoms with Gasteiger partial charge < -0.3 is 10.2 Å². The minimum absolute atomic E-state index is 0.975. The van der Waals surface area contributed by atoms with E-state index in [1.807, 2.05) is 11.3 Å². The average molecular weight is 269 g/mol. The van der Waals surface area contributed by atoms with Gasteiger partial charge in [0.15, 0.2) is 0 Å². The van der Waals surface area contributed by atoms with Crippen molar-refractivity contribution in [1.82, 2.24) is 15.2 Å². The lowest BCUT2D eigenvalue weighted by Crippen LogP contribution is -2.25. The molecule has 0 amide bonds. The van der Waals surface area contributed by atoms with E-state index in [0.717, 1.165) is 45.6 Å². The first kappa shape index (κ1) is 15.6. The summed E-state index contributed by atoms with van der Waals surface area (Å²) >= 11 is 1.89. The third kappa shape index (κ3) is 4.67. The summed E-state index contributed by atoms with van der Waals surface area (Å²) in [6, 6.07) is 0. The van der Waals surface area contributed by atoms with Gasteiger partial charge in [-0.25, -0.2) is 4.98 Å². The number of rotatable bonds is 9. The molecular weight excluding hydrogens is 242 g/mol. The Morgan fingerprint density at radius 1 is 1.17 bits per heavy atom. The Hall–Kier alpha value is -0.450. The molecule has 4 heteroatoms. The van der Waals surface area contributed by atoms with Crippen LogP contribution in [-0.4, -0.2) is 36.1 Å². The number of aryl methyl sites for hydroxylation is 1. The van der Waals surface area contributed by atoms with Crippen LogP contribution in [-0.2, 0) is 19.4 Å². The lowest BCUT2D eigenvalue weighted by molar-refractivity contribution is 0.308. The monoisotopic (exact) mass is 269 g/mol. The van der Waals surface area contributed by atoms with Gasteiger partial charge in [-0.3, -0.25) is 0 Å². The van der Waals surface area contributed by atoms with Gasteiger partial charge >= 0.3 is 0 Å². The van der Waals surface area contributed by atoms with Crippen LogP contribution in [0.2, 0.25) is 0 Å². The molecule has 0 unspecified atom stereocenters. The first-order chi connectivity index (χ1) is 8.74. The van der Waals surface area contributed by atoms with E-state index in [-0.39, 0.29) is 0 Å². The van der Waals surface area contributed by atoms with Crippen LogP contribution in [0.1, 0.15) is 43.3 Å². The smallest absolute Gasteiger partial charge is 0.0944 e. The molecule has 0 radical (unpaired) electrons. The van der Waals surface area contributed by atoms with E-state index < -0.39 is 0 Å². The molecule has 3 nitrogen and oxygen atoms in total. The Morgan fingerprint density at radius 3 is 2.44 bits per heavy atom. The predicted octanol–water partition coefficient (Wildman–Crippen LogP) is 2.70. The van der Waals surface area contributed by atoms with Crippen molar-refractivity contribution in [3.8, 4) is 0 Å². The number of aromatic nitrogens is 1.